The summed E-state index contributed by atoms with van der Waals surface area (Å²) >= 11 is 1.58. The zero-order chi connectivity index (χ0) is 22.1. The fourth-order valence-electron chi connectivity index (χ4n) is 3.72. The minimum atomic E-state index is -4.35. The molecule has 30 heavy (non-hydrogen) atoms. The SMILES string of the molecule is Cc1cc(C)c(C)c(SCC(=O)N2CCN(c3cccc(C(F)(F)F)c3)CC2)c1C. The number of rotatable bonds is 4. The Morgan fingerprint density at radius 1 is 0.967 bits per heavy atom. The third kappa shape index (κ3) is 4.94. The molecule has 0 spiro atoms. The third-order valence-corrected chi connectivity index (χ3v) is 7.10. The number of halogens is 3. The first kappa shape index (κ1) is 22.5. The smallest absolute Gasteiger partial charge is 0.368 e. The van der Waals surface area contributed by atoms with Crippen molar-refractivity contribution in [1.29, 1.82) is 0 Å². The standard InChI is InChI=1S/C23H27F3N2OS/c1-15-12-16(2)18(4)22(17(15)3)30-14-21(29)28-10-8-27(9-11-28)20-7-5-6-19(13-20)23(24,25)26/h5-7,12-13H,8-11,14H2,1-4H3. The van der Waals surface area contributed by atoms with Gasteiger partial charge in [0, 0.05) is 36.8 Å². The van der Waals surface area contributed by atoms with Gasteiger partial charge < -0.3 is 9.80 Å². The highest BCUT2D eigenvalue weighted by Gasteiger charge is 2.31. The van der Waals surface area contributed by atoms with E-state index in [0.29, 0.717) is 37.6 Å². The number of alkyl halides is 3. The van der Waals surface area contributed by atoms with Gasteiger partial charge in [-0.1, -0.05) is 12.1 Å². The quantitative estimate of drug-likeness (QED) is 0.601. The lowest BCUT2D eigenvalue weighted by Crippen LogP contribution is -2.49. The Balaban J connectivity index is 1.59. The van der Waals surface area contributed by atoms with Crippen molar-refractivity contribution >= 4 is 23.4 Å². The molecule has 0 unspecified atom stereocenters. The molecule has 0 bridgehead atoms. The number of hydrogen-bond donors (Lipinski definition) is 0. The van der Waals surface area contributed by atoms with Gasteiger partial charge in [0.1, 0.15) is 0 Å². The van der Waals surface area contributed by atoms with Gasteiger partial charge in [-0.05, 0) is 68.1 Å². The summed E-state index contributed by atoms with van der Waals surface area (Å²) in [4.78, 5) is 17.6. The molecule has 0 aromatic heterocycles. The van der Waals surface area contributed by atoms with E-state index >= 15 is 0 Å². The highest BCUT2D eigenvalue weighted by molar-refractivity contribution is 8.00. The van der Waals surface area contributed by atoms with Crippen LogP contribution in [0, 0.1) is 27.7 Å². The van der Waals surface area contributed by atoms with Crippen LogP contribution >= 0.6 is 11.8 Å². The average molecular weight is 437 g/mol. The maximum absolute atomic E-state index is 13.0. The summed E-state index contributed by atoms with van der Waals surface area (Å²) in [5.74, 6) is 0.440. The van der Waals surface area contributed by atoms with Crippen LogP contribution in [0.15, 0.2) is 35.2 Å². The van der Waals surface area contributed by atoms with Gasteiger partial charge in [0.15, 0.2) is 0 Å². The molecule has 0 aliphatic carbocycles. The highest BCUT2D eigenvalue weighted by atomic mass is 32.2. The maximum Gasteiger partial charge on any atom is 0.416 e. The predicted octanol–water partition coefficient (Wildman–Crippen LogP) is 5.38. The lowest BCUT2D eigenvalue weighted by molar-refractivity contribution is -0.137. The van der Waals surface area contributed by atoms with Crippen molar-refractivity contribution in [3.63, 3.8) is 0 Å². The van der Waals surface area contributed by atoms with E-state index in [4.69, 9.17) is 0 Å². The van der Waals surface area contributed by atoms with Crippen molar-refractivity contribution in [2.45, 2.75) is 38.8 Å². The third-order valence-electron chi connectivity index (χ3n) is 5.81. The first-order valence-corrected chi connectivity index (χ1v) is 11.0. The van der Waals surface area contributed by atoms with E-state index in [2.05, 4.69) is 33.8 Å². The number of amides is 1. The molecular formula is C23H27F3N2OS. The van der Waals surface area contributed by atoms with E-state index < -0.39 is 11.7 Å². The second kappa shape index (κ2) is 8.92. The lowest BCUT2D eigenvalue weighted by Gasteiger charge is -2.36. The lowest BCUT2D eigenvalue weighted by atomic mass is 10.0. The van der Waals surface area contributed by atoms with Gasteiger partial charge >= 0.3 is 6.18 Å². The Hall–Kier alpha value is -2.15. The summed E-state index contributed by atoms with van der Waals surface area (Å²) in [6.45, 7) is 10.4. The maximum atomic E-state index is 13.0. The molecule has 0 radical (unpaired) electrons. The molecule has 2 aromatic carbocycles. The molecule has 0 atom stereocenters. The largest absolute Gasteiger partial charge is 0.416 e. The fourth-order valence-corrected chi connectivity index (χ4v) is 4.92. The van der Waals surface area contributed by atoms with Gasteiger partial charge in [-0.25, -0.2) is 0 Å². The number of aryl methyl sites for hydroxylation is 2. The average Bonchev–Trinajstić information content (AvgIpc) is 2.72. The Labute approximate surface area is 180 Å². The molecule has 1 amide bonds. The molecule has 0 saturated carbocycles. The van der Waals surface area contributed by atoms with Gasteiger partial charge in [0.25, 0.3) is 0 Å². The number of benzene rings is 2. The van der Waals surface area contributed by atoms with Crippen LogP contribution in [0.1, 0.15) is 27.8 Å². The molecule has 0 N–H and O–H groups in total. The summed E-state index contributed by atoms with van der Waals surface area (Å²) in [6.07, 6.45) is -4.35. The van der Waals surface area contributed by atoms with Crippen molar-refractivity contribution in [2.24, 2.45) is 0 Å². The van der Waals surface area contributed by atoms with Gasteiger partial charge in [-0.3, -0.25) is 4.79 Å². The summed E-state index contributed by atoms with van der Waals surface area (Å²) in [5, 5.41) is 0. The minimum absolute atomic E-state index is 0.0710. The van der Waals surface area contributed by atoms with Crippen LogP contribution in [0.4, 0.5) is 18.9 Å². The first-order chi connectivity index (χ1) is 14.1. The Morgan fingerprint density at radius 3 is 2.13 bits per heavy atom. The number of carbonyl (C=O) groups excluding carboxylic acids is 1. The number of anilines is 1. The normalized spacial score (nSPS) is 14.9. The summed E-state index contributed by atoms with van der Waals surface area (Å²) in [6, 6.07) is 7.55. The van der Waals surface area contributed by atoms with Crippen molar-refractivity contribution in [2.75, 3.05) is 36.8 Å². The topological polar surface area (TPSA) is 23.6 Å². The highest BCUT2D eigenvalue weighted by Crippen LogP contribution is 2.33. The van der Waals surface area contributed by atoms with Gasteiger partial charge in [0.05, 0.1) is 11.3 Å². The molecule has 1 aliphatic rings. The predicted molar refractivity (Wildman–Crippen MR) is 116 cm³/mol. The molecule has 1 aliphatic heterocycles. The zero-order valence-corrected chi connectivity index (χ0v) is 18.6. The van der Waals surface area contributed by atoms with Gasteiger partial charge in [0.2, 0.25) is 5.91 Å². The van der Waals surface area contributed by atoms with E-state index in [1.54, 1.807) is 17.8 Å². The van der Waals surface area contributed by atoms with Crippen molar-refractivity contribution < 1.29 is 18.0 Å². The van der Waals surface area contributed by atoms with Gasteiger partial charge in [-0.15, -0.1) is 11.8 Å². The summed E-state index contributed by atoms with van der Waals surface area (Å²) in [5.41, 5.74) is 4.78. The Bertz CT molecular complexity index is 909. The second-order valence-electron chi connectivity index (χ2n) is 7.79. The monoisotopic (exact) mass is 436 g/mol. The Morgan fingerprint density at radius 2 is 1.57 bits per heavy atom. The van der Waals surface area contributed by atoms with Gasteiger partial charge in [-0.2, -0.15) is 13.2 Å². The minimum Gasteiger partial charge on any atom is -0.368 e. The van der Waals surface area contributed by atoms with Crippen molar-refractivity contribution in [1.82, 2.24) is 4.90 Å². The summed E-state index contributed by atoms with van der Waals surface area (Å²) in [7, 11) is 0. The van der Waals surface area contributed by atoms with E-state index in [9.17, 15) is 18.0 Å². The fraction of sp³-hybridized carbons (Fsp3) is 0.435. The summed E-state index contributed by atoms with van der Waals surface area (Å²) < 4.78 is 38.9. The van der Waals surface area contributed by atoms with E-state index in [-0.39, 0.29) is 5.91 Å². The molecular weight excluding hydrogens is 409 g/mol. The molecule has 7 heteroatoms. The van der Waals surface area contributed by atoms with Crippen molar-refractivity contribution in [3.8, 4) is 0 Å². The van der Waals surface area contributed by atoms with Crippen LogP contribution in [0.2, 0.25) is 0 Å². The second-order valence-corrected chi connectivity index (χ2v) is 8.78. The van der Waals surface area contributed by atoms with E-state index in [0.717, 1.165) is 6.07 Å². The van der Waals surface area contributed by atoms with Crippen LogP contribution < -0.4 is 4.90 Å². The van der Waals surface area contributed by atoms with Crippen LogP contribution in [0.3, 0.4) is 0 Å². The number of thioether (sulfide) groups is 1. The number of carbonyl (C=O) groups is 1. The molecule has 1 saturated heterocycles. The van der Waals surface area contributed by atoms with E-state index in [1.807, 2.05) is 9.80 Å². The number of nitrogens with zero attached hydrogens (tertiary/aromatic N) is 2. The van der Waals surface area contributed by atoms with Crippen LogP contribution in [0.25, 0.3) is 0 Å². The molecule has 2 aromatic rings. The van der Waals surface area contributed by atoms with Crippen LogP contribution in [0.5, 0.6) is 0 Å². The number of piperazine rings is 1. The molecule has 1 fully saturated rings. The molecule has 1 heterocycles. The molecule has 3 rings (SSSR count). The van der Waals surface area contributed by atoms with E-state index in [1.165, 1.54) is 39.3 Å². The Kier molecular flexibility index (Phi) is 6.70. The number of hydrogen-bond acceptors (Lipinski definition) is 3. The van der Waals surface area contributed by atoms with Crippen molar-refractivity contribution in [3.05, 3.63) is 58.1 Å². The van der Waals surface area contributed by atoms with Crippen LogP contribution in [-0.4, -0.2) is 42.7 Å². The first-order valence-electron chi connectivity index (χ1n) is 9.98. The molecule has 3 nitrogen and oxygen atoms in total. The zero-order valence-electron chi connectivity index (χ0n) is 17.8. The molecule has 162 valence electrons. The van der Waals surface area contributed by atoms with Crippen LogP contribution in [-0.2, 0) is 11.0 Å².